The molecule has 0 aliphatic carbocycles. The van der Waals surface area contributed by atoms with Crippen molar-refractivity contribution in [1.29, 1.82) is 0 Å². The highest BCUT2D eigenvalue weighted by Gasteiger charge is 2.48. The molecule has 1 heterocycles. The lowest BCUT2D eigenvalue weighted by Gasteiger charge is -2.41. The fourth-order valence-corrected chi connectivity index (χ4v) is 1.27. The van der Waals surface area contributed by atoms with Gasteiger partial charge >= 0.3 is 0 Å². The molecule has 0 aromatic carbocycles. The van der Waals surface area contributed by atoms with E-state index in [1.165, 1.54) is 0 Å². The van der Waals surface area contributed by atoms with Crippen molar-refractivity contribution in [2.75, 3.05) is 19.8 Å². The number of ether oxygens (including phenoxy) is 2. The molecule has 0 amide bonds. The number of aliphatic hydroxyl groups excluding tert-OH is 3. The summed E-state index contributed by atoms with van der Waals surface area (Å²) in [5, 5.41) is 37.5. The van der Waals surface area contributed by atoms with Crippen LogP contribution in [0, 0.1) is 0 Å². The van der Waals surface area contributed by atoms with Crippen LogP contribution in [0.2, 0.25) is 0 Å². The van der Waals surface area contributed by atoms with E-state index in [-0.39, 0.29) is 13.2 Å². The van der Waals surface area contributed by atoms with Crippen LogP contribution in [0.15, 0.2) is 0 Å². The number of hydrogen-bond donors (Lipinski definition) is 4. The average Bonchev–Trinajstić information content (AvgIpc) is 2.19. The molecule has 1 rings (SSSR count). The molecule has 4 N–H and O–H groups in total. The number of rotatable bonds is 3. The minimum atomic E-state index is -1.94. The van der Waals surface area contributed by atoms with Gasteiger partial charge in [0.25, 0.3) is 0 Å². The smallest absolute Gasteiger partial charge is 0.219 e. The molecule has 6 heteroatoms. The normalized spacial score (nSPS) is 43.9. The highest BCUT2D eigenvalue weighted by molar-refractivity contribution is 4.91. The molecule has 6 nitrogen and oxygen atoms in total. The van der Waals surface area contributed by atoms with E-state index in [0.29, 0.717) is 6.61 Å². The first-order valence-electron chi connectivity index (χ1n) is 4.49. The van der Waals surface area contributed by atoms with Crippen molar-refractivity contribution in [3.05, 3.63) is 0 Å². The van der Waals surface area contributed by atoms with E-state index in [0.717, 1.165) is 0 Å². The Morgan fingerprint density at radius 3 is 2.64 bits per heavy atom. The molecular formula is C8H16O6. The van der Waals surface area contributed by atoms with Crippen LogP contribution >= 0.6 is 0 Å². The van der Waals surface area contributed by atoms with Gasteiger partial charge in [-0.1, -0.05) is 0 Å². The quantitative estimate of drug-likeness (QED) is 0.421. The van der Waals surface area contributed by atoms with Gasteiger partial charge in [0, 0.05) is 6.61 Å². The number of aliphatic hydroxyl groups is 4. The molecule has 1 aliphatic rings. The van der Waals surface area contributed by atoms with Crippen molar-refractivity contribution >= 4 is 0 Å². The Balaban J connectivity index is 2.60. The van der Waals surface area contributed by atoms with Crippen molar-refractivity contribution < 1.29 is 29.9 Å². The van der Waals surface area contributed by atoms with E-state index in [2.05, 4.69) is 0 Å². The summed E-state index contributed by atoms with van der Waals surface area (Å²) in [4.78, 5) is 0. The maximum atomic E-state index is 9.69. The van der Waals surface area contributed by atoms with E-state index < -0.39 is 24.1 Å². The fraction of sp³-hybridized carbons (Fsp3) is 1.00. The average molecular weight is 208 g/mol. The molecule has 0 saturated carbocycles. The van der Waals surface area contributed by atoms with Gasteiger partial charge in [0.05, 0.1) is 6.61 Å². The molecule has 0 radical (unpaired) electrons. The van der Waals surface area contributed by atoms with Crippen molar-refractivity contribution in [3.8, 4) is 0 Å². The Morgan fingerprint density at radius 1 is 1.43 bits per heavy atom. The lowest BCUT2D eigenvalue weighted by Crippen LogP contribution is -2.62. The van der Waals surface area contributed by atoms with Gasteiger partial charge in [-0.3, -0.25) is 0 Å². The third-order valence-corrected chi connectivity index (χ3v) is 2.20. The zero-order chi connectivity index (χ0) is 10.8. The molecule has 0 aromatic heterocycles. The third-order valence-electron chi connectivity index (χ3n) is 2.20. The van der Waals surface area contributed by atoms with E-state index in [9.17, 15) is 15.3 Å². The van der Waals surface area contributed by atoms with Crippen LogP contribution in [0.25, 0.3) is 0 Å². The summed E-state index contributed by atoms with van der Waals surface area (Å²) >= 11 is 0. The highest BCUT2D eigenvalue weighted by Crippen LogP contribution is 2.24. The standard InChI is InChI=1S/C8H16O6/c1-2-13-4-8(12)7(11)6(10)5(9)3-14-8/h5-7,9-12H,2-4H2,1H3/t5-,6+,7+,8-/m1/s1. The summed E-state index contributed by atoms with van der Waals surface area (Å²) in [5.41, 5.74) is 0. The summed E-state index contributed by atoms with van der Waals surface area (Å²) in [5.74, 6) is -1.94. The topological polar surface area (TPSA) is 99.4 Å². The summed E-state index contributed by atoms with van der Waals surface area (Å²) in [7, 11) is 0. The molecule has 1 fully saturated rings. The largest absolute Gasteiger partial charge is 0.388 e. The second kappa shape index (κ2) is 4.52. The Labute approximate surface area is 81.7 Å². The Morgan fingerprint density at radius 2 is 2.07 bits per heavy atom. The minimum Gasteiger partial charge on any atom is -0.388 e. The van der Waals surface area contributed by atoms with E-state index in [1.807, 2.05) is 0 Å². The molecule has 0 unspecified atom stereocenters. The van der Waals surface area contributed by atoms with Crippen LogP contribution in [0.3, 0.4) is 0 Å². The molecule has 0 spiro atoms. The Bertz CT molecular complexity index is 183. The van der Waals surface area contributed by atoms with Crippen molar-refractivity contribution in [2.45, 2.75) is 31.0 Å². The fourth-order valence-electron chi connectivity index (χ4n) is 1.27. The molecule has 1 saturated heterocycles. The maximum Gasteiger partial charge on any atom is 0.219 e. The summed E-state index contributed by atoms with van der Waals surface area (Å²) in [6.45, 7) is 1.61. The Kier molecular flexibility index (Phi) is 3.82. The SMILES string of the molecule is CCOC[C@@]1(O)OC[C@@H](O)[C@H](O)[C@@H]1O. The zero-order valence-corrected chi connectivity index (χ0v) is 7.96. The van der Waals surface area contributed by atoms with Gasteiger partial charge in [0.15, 0.2) is 0 Å². The molecule has 4 atom stereocenters. The highest BCUT2D eigenvalue weighted by atomic mass is 16.7. The lowest BCUT2D eigenvalue weighted by molar-refractivity contribution is -0.334. The van der Waals surface area contributed by atoms with Crippen LogP contribution in [0.5, 0.6) is 0 Å². The second-order valence-corrected chi connectivity index (χ2v) is 3.30. The van der Waals surface area contributed by atoms with Crippen LogP contribution < -0.4 is 0 Å². The van der Waals surface area contributed by atoms with Crippen molar-refractivity contribution in [2.24, 2.45) is 0 Å². The third kappa shape index (κ3) is 2.22. The van der Waals surface area contributed by atoms with Gasteiger partial charge in [-0.15, -0.1) is 0 Å². The van der Waals surface area contributed by atoms with Gasteiger partial charge in [0.1, 0.15) is 24.9 Å². The van der Waals surface area contributed by atoms with Crippen LogP contribution in [0.1, 0.15) is 6.92 Å². The van der Waals surface area contributed by atoms with Gasteiger partial charge in [-0.25, -0.2) is 0 Å². The van der Waals surface area contributed by atoms with Crippen molar-refractivity contribution in [1.82, 2.24) is 0 Å². The van der Waals surface area contributed by atoms with E-state index >= 15 is 0 Å². The van der Waals surface area contributed by atoms with E-state index in [4.69, 9.17) is 14.6 Å². The zero-order valence-electron chi connectivity index (χ0n) is 7.96. The monoisotopic (exact) mass is 208 g/mol. The predicted molar refractivity (Wildman–Crippen MR) is 45.4 cm³/mol. The van der Waals surface area contributed by atoms with Crippen molar-refractivity contribution in [3.63, 3.8) is 0 Å². The molecule has 0 aromatic rings. The molecule has 14 heavy (non-hydrogen) atoms. The van der Waals surface area contributed by atoms with Gasteiger partial charge in [-0.05, 0) is 6.92 Å². The van der Waals surface area contributed by atoms with Crippen LogP contribution in [-0.4, -0.2) is 64.3 Å². The van der Waals surface area contributed by atoms with Gasteiger partial charge in [0.2, 0.25) is 5.79 Å². The van der Waals surface area contributed by atoms with Crippen LogP contribution in [0.4, 0.5) is 0 Å². The lowest BCUT2D eigenvalue weighted by atomic mass is 9.97. The molecular weight excluding hydrogens is 192 g/mol. The van der Waals surface area contributed by atoms with E-state index in [1.54, 1.807) is 6.92 Å². The van der Waals surface area contributed by atoms with Gasteiger partial charge < -0.3 is 29.9 Å². The first-order valence-corrected chi connectivity index (χ1v) is 4.49. The minimum absolute atomic E-state index is 0.234. The predicted octanol–water partition coefficient (Wildman–Crippen LogP) is -2.18. The first kappa shape index (κ1) is 11.8. The number of hydrogen-bond acceptors (Lipinski definition) is 6. The first-order chi connectivity index (χ1) is 6.51. The molecule has 1 aliphatic heterocycles. The Hall–Kier alpha value is -0.240. The second-order valence-electron chi connectivity index (χ2n) is 3.30. The molecule has 0 bridgehead atoms. The maximum absolute atomic E-state index is 9.69. The summed E-state index contributed by atoms with van der Waals surface area (Å²) < 4.78 is 9.74. The summed E-state index contributed by atoms with van der Waals surface area (Å²) in [6, 6.07) is 0. The summed E-state index contributed by atoms with van der Waals surface area (Å²) in [6.07, 6.45) is -4.18. The van der Waals surface area contributed by atoms with Crippen LogP contribution in [-0.2, 0) is 9.47 Å². The molecule has 84 valence electrons. The van der Waals surface area contributed by atoms with Gasteiger partial charge in [-0.2, -0.15) is 0 Å².